The molecular formula is C13H12ClF2NO2. The zero-order chi connectivity index (χ0) is 14.4. The Kier molecular flexibility index (Phi) is 5.71. The van der Waals surface area contributed by atoms with Crippen molar-refractivity contribution in [3.8, 4) is 6.07 Å². The number of nitriles is 1. The maximum absolute atomic E-state index is 12.9. The van der Waals surface area contributed by atoms with Gasteiger partial charge in [0.1, 0.15) is 0 Å². The van der Waals surface area contributed by atoms with E-state index in [-0.39, 0.29) is 35.6 Å². The Labute approximate surface area is 114 Å². The Morgan fingerprint density at radius 3 is 2.68 bits per heavy atom. The third-order valence-corrected chi connectivity index (χ3v) is 2.75. The number of rotatable bonds is 5. The maximum Gasteiger partial charge on any atom is 0.310 e. The van der Waals surface area contributed by atoms with Gasteiger partial charge in [-0.3, -0.25) is 4.79 Å². The van der Waals surface area contributed by atoms with Crippen LogP contribution in [0.2, 0.25) is 0 Å². The summed E-state index contributed by atoms with van der Waals surface area (Å²) in [7, 11) is 0. The number of esters is 1. The van der Waals surface area contributed by atoms with Gasteiger partial charge < -0.3 is 4.74 Å². The molecule has 0 heterocycles. The molecule has 0 saturated heterocycles. The van der Waals surface area contributed by atoms with Gasteiger partial charge in [-0.05, 0) is 30.2 Å². The van der Waals surface area contributed by atoms with Crippen LogP contribution in [0.25, 0.3) is 0 Å². The van der Waals surface area contributed by atoms with Crippen LogP contribution in [0.4, 0.5) is 8.78 Å². The van der Waals surface area contributed by atoms with E-state index in [2.05, 4.69) is 0 Å². The average Bonchev–Trinajstić information content (AvgIpc) is 2.37. The molecule has 1 aromatic carbocycles. The summed E-state index contributed by atoms with van der Waals surface area (Å²) in [6.07, 6.45) is -2.90. The van der Waals surface area contributed by atoms with Crippen molar-refractivity contribution in [1.29, 1.82) is 5.26 Å². The minimum Gasteiger partial charge on any atom is -0.466 e. The van der Waals surface area contributed by atoms with Crippen LogP contribution in [0, 0.1) is 11.3 Å². The fourth-order valence-corrected chi connectivity index (χ4v) is 1.98. The van der Waals surface area contributed by atoms with Crippen molar-refractivity contribution in [3.63, 3.8) is 0 Å². The highest BCUT2D eigenvalue weighted by molar-refractivity contribution is 6.17. The fraction of sp³-hybridized carbons (Fsp3) is 0.385. The number of hydrogen-bond acceptors (Lipinski definition) is 3. The predicted molar refractivity (Wildman–Crippen MR) is 66.0 cm³/mol. The third-order valence-electron chi connectivity index (χ3n) is 2.49. The first-order valence-corrected chi connectivity index (χ1v) is 6.12. The van der Waals surface area contributed by atoms with Gasteiger partial charge in [-0.2, -0.15) is 5.26 Å². The highest BCUT2D eigenvalue weighted by Gasteiger charge is 2.18. The first-order chi connectivity index (χ1) is 9.03. The Balaban J connectivity index is 3.18. The first-order valence-electron chi connectivity index (χ1n) is 5.59. The largest absolute Gasteiger partial charge is 0.466 e. The highest BCUT2D eigenvalue weighted by Crippen LogP contribution is 2.28. The van der Waals surface area contributed by atoms with Crippen molar-refractivity contribution >= 4 is 17.6 Å². The molecule has 0 aromatic heterocycles. The molecule has 1 rings (SSSR count). The Morgan fingerprint density at radius 1 is 1.53 bits per heavy atom. The second kappa shape index (κ2) is 7.05. The lowest BCUT2D eigenvalue weighted by Gasteiger charge is -2.11. The van der Waals surface area contributed by atoms with E-state index >= 15 is 0 Å². The summed E-state index contributed by atoms with van der Waals surface area (Å²) >= 11 is 5.59. The van der Waals surface area contributed by atoms with Gasteiger partial charge in [0.2, 0.25) is 0 Å². The van der Waals surface area contributed by atoms with E-state index < -0.39 is 12.4 Å². The molecule has 1 aromatic rings. The molecule has 3 nitrogen and oxygen atoms in total. The van der Waals surface area contributed by atoms with Crippen LogP contribution in [0.5, 0.6) is 0 Å². The molecule has 0 unspecified atom stereocenters. The van der Waals surface area contributed by atoms with Gasteiger partial charge in [-0.15, -0.1) is 11.6 Å². The summed E-state index contributed by atoms with van der Waals surface area (Å²) < 4.78 is 30.6. The average molecular weight is 288 g/mol. The van der Waals surface area contributed by atoms with Gasteiger partial charge in [0.15, 0.2) is 0 Å². The Morgan fingerprint density at radius 2 is 2.21 bits per heavy atom. The molecule has 0 amide bonds. The number of halogens is 3. The molecule has 0 bridgehead atoms. The second-order valence-corrected chi connectivity index (χ2v) is 4.01. The van der Waals surface area contributed by atoms with Gasteiger partial charge in [-0.25, -0.2) is 8.78 Å². The molecule has 0 aliphatic rings. The minimum atomic E-state index is -2.75. The molecule has 0 atom stereocenters. The number of nitrogens with zero attached hydrogens (tertiary/aromatic N) is 1. The van der Waals surface area contributed by atoms with E-state index in [0.29, 0.717) is 5.56 Å². The summed E-state index contributed by atoms with van der Waals surface area (Å²) in [5, 5.41) is 8.95. The van der Waals surface area contributed by atoms with Crippen molar-refractivity contribution in [2.24, 2.45) is 0 Å². The summed E-state index contributed by atoms with van der Waals surface area (Å²) in [6.45, 7) is 1.87. The zero-order valence-electron chi connectivity index (χ0n) is 10.3. The number of carbonyl (C=O) groups excluding carboxylic acids is 1. The number of alkyl halides is 3. The van der Waals surface area contributed by atoms with Gasteiger partial charge in [0.05, 0.1) is 24.7 Å². The van der Waals surface area contributed by atoms with E-state index in [0.717, 1.165) is 0 Å². The molecule has 102 valence electrons. The number of benzene rings is 1. The van der Waals surface area contributed by atoms with Crippen LogP contribution in [0.1, 0.15) is 35.6 Å². The molecule has 0 aliphatic carbocycles. The highest BCUT2D eigenvalue weighted by atomic mass is 35.5. The maximum atomic E-state index is 12.9. The van der Waals surface area contributed by atoms with Crippen LogP contribution >= 0.6 is 11.6 Å². The van der Waals surface area contributed by atoms with Gasteiger partial charge in [0, 0.05) is 11.4 Å². The molecule has 0 saturated carbocycles. The van der Waals surface area contributed by atoms with Crippen LogP contribution < -0.4 is 0 Å². The van der Waals surface area contributed by atoms with Crippen molar-refractivity contribution in [2.75, 3.05) is 6.61 Å². The molecular weight excluding hydrogens is 276 g/mol. The van der Waals surface area contributed by atoms with Crippen molar-refractivity contribution in [1.82, 2.24) is 0 Å². The molecule has 0 fully saturated rings. The number of hydrogen-bond donors (Lipinski definition) is 0. The van der Waals surface area contributed by atoms with Gasteiger partial charge in [-0.1, -0.05) is 0 Å². The smallest absolute Gasteiger partial charge is 0.310 e. The Hall–Kier alpha value is -1.67. The molecule has 19 heavy (non-hydrogen) atoms. The lowest BCUT2D eigenvalue weighted by Crippen LogP contribution is -2.09. The summed E-state index contributed by atoms with van der Waals surface area (Å²) in [5.41, 5.74) is 0.173. The summed E-state index contributed by atoms with van der Waals surface area (Å²) in [6, 6.07) is 4.40. The van der Waals surface area contributed by atoms with E-state index in [1.54, 1.807) is 6.92 Å². The van der Waals surface area contributed by atoms with Gasteiger partial charge >= 0.3 is 5.97 Å². The van der Waals surface area contributed by atoms with E-state index in [4.69, 9.17) is 21.6 Å². The van der Waals surface area contributed by atoms with E-state index in [1.807, 2.05) is 6.07 Å². The zero-order valence-corrected chi connectivity index (χ0v) is 11.0. The van der Waals surface area contributed by atoms with Crippen molar-refractivity contribution in [3.05, 3.63) is 34.4 Å². The number of ether oxygens (including phenoxy) is 1. The number of carbonyl (C=O) groups is 1. The second-order valence-electron chi connectivity index (χ2n) is 3.74. The fourth-order valence-electron chi connectivity index (χ4n) is 1.68. The quantitative estimate of drug-likeness (QED) is 0.616. The molecule has 0 spiro atoms. The minimum absolute atomic E-state index is 0.0621. The lowest BCUT2D eigenvalue weighted by molar-refractivity contribution is -0.142. The van der Waals surface area contributed by atoms with E-state index in [9.17, 15) is 13.6 Å². The molecule has 0 N–H and O–H groups in total. The standard InChI is InChI=1S/C13H12ClF2NO2/c1-2-19-12(18)5-8-3-9(7-17)11(6-14)10(4-8)13(15)16/h3-4,13H,2,5-6H2,1H3. The monoisotopic (exact) mass is 287 g/mol. The van der Waals surface area contributed by atoms with E-state index in [1.165, 1.54) is 12.1 Å². The van der Waals surface area contributed by atoms with Crippen LogP contribution in [-0.4, -0.2) is 12.6 Å². The normalized spacial score (nSPS) is 10.3. The first kappa shape index (κ1) is 15.4. The van der Waals surface area contributed by atoms with Crippen LogP contribution in [-0.2, 0) is 21.8 Å². The summed E-state index contributed by atoms with van der Waals surface area (Å²) in [5.74, 6) is -0.701. The van der Waals surface area contributed by atoms with Crippen molar-refractivity contribution < 1.29 is 18.3 Å². The topological polar surface area (TPSA) is 50.1 Å². The van der Waals surface area contributed by atoms with Crippen molar-refractivity contribution in [2.45, 2.75) is 25.7 Å². The van der Waals surface area contributed by atoms with Crippen LogP contribution in [0.3, 0.4) is 0 Å². The van der Waals surface area contributed by atoms with Gasteiger partial charge in [0.25, 0.3) is 6.43 Å². The lowest BCUT2D eigenvalue weighted by atomic mass is 9.98. The van der Waals surface area contributed by atoms with Crippen LogP contribution in [0.15, 0.2) is 12.1 Å². The molecule has 0 radical (unpaired) electrons. The molecule has 0 aliphatic heterocycles. The third kappa shape index (κ3) is 3.90. The Bertz CT molecular complexity index is 512. The molecule has 6 heteroatoms. The SMILES string of the molecule is CCOC(=O)Cc1cc(C#N)c(CCl)c(C(F)F)c1. The summed E-state index contributed by atoms with van der Waals surface area (Å²) in [4.78, 5) is 11.3. The predicted octanol–water partition coefficient (Wildman–Crippen LogP) is 3.34.